The van der Waals surface area contributed by atoms with E-state index in [0.29, 0.717) is 5.75 Å². The molecule has 0 saturated heterocycles. The predicted molar refractivity (Wildman–Crippen MR) is 50.4 cm³/mol. The van der Waals surface area contributed by atoms with Crippen LogP contribution in [0.4, 0.5) is 0 Å². The van der Waals surface area contributed by atoms with Gasteiger partial charge in [0.15, 0.2) is 5.75 Å². The SMILES string of the molecule is CC.CCc1ccc(OO)cc1. The topological polar surface area (TPSA) is 29.5 Å². The first-order chi connectivity index (χ1) is 5.86. The monoisotopic (exact) mass is 168 g/mol. The first kappa shape index (κ1) is 11.0. The Morgan fingerprint density at radius 2 is 1.67 bits per heavy atom. The quantitative estimate of drug-likeness (QED) is 0.543. The fourth-order valence-corrected chi connectivity index (χ4v) is 0.786. The summed E-state index contributed by atoms with van der Waals surface area (Å²) in [6.45, 7) is 6.08. The zero-order valence-electron chi connectivity index (χ0n) is 7.87. The Labute approximate surface area is 73.7 Å². The van der Waals surface area contributed by atoms with Gasteiger partial charge in [-0.1, -0.05) is 32.9 Å². The van der Waals surface area contributed by atoms with Crippen LogP contribution in [0.2, 0.25) is 0 Å². The molecule has 2 heteroatoms. The predicted octanol–water partition coefficient (Wildman–Crippen LogP) is 3.13. The molecule has 0 bridgehead atoms. The van der Waals surface area contributed by atoms with E-state index in [0.717, 1.165) is 6.42 Å². The van der Waals surface area contributed by atoms with Gasteiger partial charge in [-0.05, 0) is 24.1 Å². The Bertz CT molecular complexity index is 168. The van der Waals surface area contributed by atoms with Gasteiger partial charge < -0.3 is 4.89 Å². The first-order valence-corrected chi connectivity index (χ1v) is 4.27. The summed E-state index contributed by atoms with van der Waals surface area (Å²) in [5, 5.41) is 8.20. The van der Waals surface area contributed by atoms with Crippen molar-refractivity contribution in [1.82, 2.24) is 0 Å². The first-order valence-electron chi connectivity index (χ1n) is 4.27. The molecule has 0 saturated carbocycles. The molecule has 0 unspecified atom stereocenters. The molecule has 0 aliphatic heterocycles. The fraction of sp³-hybridized carbons (Fsp3) is 0.400. The van der Waals surface area contributed by atoms with E-state index in [1.165, 1.54) is 5.56 Å². The molecule has 0 aliphatic carbocycles. The minimum Gasteiger partial charge on any atom is -0.340 e. The molecule has 1 N–H and O–H groups in total. The lowest BCUT2D eigenvalue weighted by atomic mass is 10.2. The summed E-state index contributed by atoms with van der Waals surface area (Å²) in [4.78, 5) is 4.01. The molecule has 1 aromatic rings. The van der Waals surface area contributed by atoms with Crippen LogP contribution in [0.3, 0.4) is 0 Å². The third-order valence-corrected chi connectivity index (χ3v) is 1.44. The van der Waals surface area contributed by atoms with Gasteiger partial charge in [0.25, 0.3) is 0 Å². The molecule has 2 nitrogen and oxygen atoms in total. The largest absolute Gasteiger partial charge is 0.340 e. The van der Waals surface area contributed by atoms with E-state index >= 15 is 0 Å². The Balaban J connectivity index is 0.000000561. The summed E-state index contributed by atoms with van der Waals surface area (Å²) >= 11 is 0. The van der Waals surface area contributed by atoms with Gasteiger partial charge in [0.05, 0.1) is 0 Å². The highest BCUT2D eigenvalue weighted by molar-refractivity contribution is 5.26. The second-order valence-corrected chi connectivity index (χ2v) is 2.09. The highest BCUT2D eigenvalue weighted by atomic mass is 17.1. The van der Waals surface area contributed by atoms with Gasteiger partial charge in [-0.2, -0.15) is 0 Å². The van der Waals surface area contributed by atoms with Gasteiger partial charge >= 0.3 is 0 Å². The van der Waals surface area contributed by atoms with Gasteiger partial charge in [0, 0.05) is 0 Å². The van der Waals surface area contributed by atoms with Crippen molar-refractivity contribution < 1.29 is 10.1 Å². The minimum atomic E-state index is 0.484. The van der Waals surface area contributed by atoms with Crippen LogP contribution in [0.15, 0.2) is 24.3 Å². The van der Waals surface area contributed by atoms with Gasteiger partial charge in [0.2, 0.25) is 0 Å². The lowest BCUT2D eigenvalue weighted by molar-refractivity contribution is -0.137. The third-order valence-electron chi connectivity index (χ3n) is 1.44. The van der Waals surface area contributed by atoms with Crippen molar-refractivity contribution in [3.8, 4) is 5.75 Å². The van der Waals surface area contributed by atoms with Crippen molar-refractivity contribution >= 4 is 0 Å². The zero-order valence-corrected chi connectivity index (χ0v) is 7.87. The standard InChI is InChI=1S/C8H10O2.C2H6/c1-2-7-3-5-8(10-9)6-4-7;1-2/h3-6,9H,2H2,1H3;1-2H3. The number of hydrogen-bond donors (Lipinski definition) is 1. The van der Waals surface area contributed by atoms with Crippen molar-refractivity contribution in [2.24, 2.45) is 0 Å². The van der Waals surface area contributed by atoms with Crippen molar-refractivity contribution in [3.63, 3.8) is 0 Å². The molecule has 0 spiro atoms. The van der Waals surface area contributed by atoms with Crippen LogP contribution in [0.5, 0.6) is 5.75 Å². The van der Waals surface area contributed by atoms with Crippen LogP contribution in [-0.4, -0.2) is 5.26 Å². The molecule has 1 aromatic carbocycles. The summed E-state index contributed by atoms with van der Waals surface area (Å²) in [5.41, 5.74) is 1.24. The van der Waals surface area contributed by atoms with Crippen molar-refractivity contribution in [3.05, 3.63) is 29.8 Å². The average Bonchev–Trinajstić information content (AvgIpc) is 2.21. The molecule has 0 fully saturated rings. The molecule has 0 aliphatic rings. The van der Waals surface area contributed by atoms with Crippen molar-refractivity contribution in [2.45, 2.75) is 27.2 Å². The van der Waals surface area contributed by atoms with Crippen LogP contribution >= 0.6 is 0 Å². The third kappa shape index (κ3) is 3.39. The van der Waals surface area contributed by atoms with Crippen LogP contribution in [0, 0.1) is 0 Å². The van der Waals surface area contributed by atoms with Crippen LogP contribution < -0.4 is 4.89 Å². The summed E-state index contributed by atoms with van der Waals surface area (Å²) in [6, 6.07) is 7.31. The average molecular weight is 168 g/mol. The molecule has 0 heterocycles. The van der Waals surface area contributed by atoms with E-state index < -0.39 is 0 Å². The zero-order chi connectivity index (χ0) is 9.40. The van der Waals surface area contributed by atoms with E-state index in [4.69, 9.17) is 5.26 Å². The Kier molecular flexibility index (Phi) is 6.11. The van der Waals surface area contributed by atoms with Crippen LogP contribution in [-0.2, 0) is 6.42 Å². The van der Waals surface area contributed by atoms with Gasteiger partial charge in [-0.3, -0.25) is 0 Å². The van der Waals surface area contributed by atoms with E-state index in [2.05, 4.69) is 11.8 Å². The lowest BCUT2D eigenvalue weighted by Gasteiger charge is -1.96. The highest BCUT2D eigenvalue weighted by Crippen LogP contribution is 2.10. The summed E-state index contributed by atoms with van der Waals surface area (Å²) in [6.07, 6.45) is 1.01. The molecule has 0 atom stereocenters. The maximum Gasteiger partial charge on any atom is 0.165 e. The molecule has 68 valence electrons. The molecule has 1 rings (SSSR count). The minimum absolute atomic E-state index is 0.484. The second-order valence-electron chi connectivity index (χ2n) is 2.09. The van der Waals surface area contributed by atoms with Crippen LogP contribution in [0.25, 0.3) is 0 Å². The summed E-state index contributed by atoms with van der Waals surface area (Å²) in [5.74, 6) is 0.484. The summed E-state index contributed by atoms with van der Waals surface area (Å²) < 4.78 is 0. The number of rotatable bonds is 2. The fourth-order valence-electron chi connectivity index (χ4n) is 0.786. The van der Waals surface area contributed by atoms with E-state index in [9.17, 15) is 0 Å². The normalized spacial score (nSPS) is 8.33. The number of hydrogen-bond acceptors (Lipinski definition) is 2. The molecule has 12 heavy (non-hydrogen) atoms. The Hall–Kier alpha value is -1.02. The van der Waals surface area contributed by atoms with Crippen LogP contribution in [0.1, 0.15) is 26.3 Å². The van der Waals surface area contributed by atoms with Gasteiger partial charge in [-0.25, -0.2) is 5.26 Å². The van der Waals surface area contributed by atoms with Gasteiger partial charge in [-0.15, -0.1) is 0 Å². The molecular formula is C10H16O2. The number of benzene rings is 1. The van der Waals surface area contributed by atoms with E-state index in [1.54, 1.807) is 12.1 Å². The second kappa shape index (κ2) is 6.68. The van der Waals surface area contributed by atoms with Crippen molar-refractivity contribution in [1.29, 1.82) is 0 Å². The summed E-state index contributed by atoms with van der Waals surface area (Å²) in [7, 11) is 0. The molecule has 0 amide bonds. The lowest BCUT2D eigenvalue weighted by Crippen LogP contribution is -1.84. The maximum atomic E-state index is 8.20. The Morgan fingerprint density at radius 1 is 1.17 bits per heavy atom. The highest BCUT2D eigenvalue weighted by Gasteiger charge is 1.90. The molecule has 0 radical (unpaired) electrons. The van der Waals surface area contributed by atoms with E-state index in [-0.39, 0.29) is 0 Å². The number of aryl methyl sites for hydroxylation is 1. The maximum absolute atomic E-state index is 8.20. The van der Waals surface area contributed by atoms with Crippen molar-refractivity contribution in [2.75, 3.05) is 0 Å². The molecule has 0 aromatic heterocycles. The Morgan fingerprint density at radius 3 is 2.00 bits per heavy atom. The molecular weight excluding hydrogens is 152 g/mol. The van der Waals surface area contributed by atoms with E-state index in [1.807, 2.05) is 26.0 Å². The smallest absolute Gasteiger partial charge is 0.165 e. The van der Waals surface area contributed by atoms with Gasteiger partial charge in [0.1, 0.15) is 0 Å².